The van der Waals surface area contributed by atoms with E-state index in [0.29, 0.717) is 11.4 Å². The highest BCUT2D eigenvalue weighted by Gasteiger charge is 2.13. The Balaban J connectivity index is 0.00000192. The number of carbonyl (C=O) groups excluding carboxylic acids is 1. The number of nitrogens with one attached hydrogen (secondary N) is 1. The lowest BCUT2D eigenvalue weighted by molar-refractivity contribution is 0.0991. The van der Waals surface area contributed by atoms with Crippen LogP contribution in [-0.2, 0) is 6.42 Å². The lowest BCUT2D eigenvalue weighted by Gasteiger charge is -1.99. The zero-order valence-corrected chi connectivity index (χ0v) is 13.4. The van der Waals surface area contributed by atoms with Gasteiger partial charge in [0.25, 0.3) is 0 Å². The van der Waals surface area contributed by atoms with E-state index in [1.807, 2.05) is 37.3 Å². The maximum absolute atomic E-state index is 12.9. The molecule has 0 spiro atoms. The number of H-pyrrole nitrogens is 1. The summed E-state index contributed by atoms with van der Waals surface area (Å²) in [6, 6.07) is 15.4. The molecule has 0 unspecified atom stereocenters. The van der Waals surface area contributed by atoms with Crippen LogP contribution in [-0.4, -0.2) is 15.8 Å². The summed E-state index contributed by atoms with van der Waals surface area (Å²) in [4.78, 5) is 19.9. The number of halogens is 2. The first-order valence-electron chi connectivity index (χ1n) is 7.03. The Kier molecular flexibility index (Phi) is 5.29. The van der Waals surface area contributed by atoms with Gasteiger partial charge in [-0.15, -0.1) is 12.4 Å². The van der Waals surface area contributed by atoms with Crippen molar-refractivity contribution in [2.24, 2.45) is 0 Å². The van der Waals surface area contributed by atoms with Gasteiger partial charge in [-0.3, -0.25) is 4.79 Å². The van der Waals surface area contributed by atoms with Crippen molar-refractivity contribution in [2.75, 3.05) is 0 Å². The molecule has 3 nitrogen and oxygen atoms in total. The Labute approximate surface area is 140 Å². The first-order chi connectivity index (χ1) is 10.6. The third-order valence-electron chi connectivity index (χ3n) is 3.48. The summed E-state index contributed by atoms with van der Waals surface area (Å²) in [5.74, 6) is 0.177. The average molecular weight is 331 g/mol. The van der Waals surface area contributed by atoms with Crippen LogP contribution < -0.4 is 0 Å². The van der Waals surface area contributed by atoms with E-state index in [4.69, 9.17) is 0 Å². The zero-order valence-electron chi connectivity index (χ0n) is 12.5. The number of Topliss-reactive ketones (excluding diaryl/α,β-unsaturated/α-hetero) is 1. The number of hydrogen-bond donors (Lipinski definition) is 1. The number of aryl methyl sites for hydroxylation is 1. The van der Waals surface area contributed by atoms with E-state index in [1.165, 1.54) is 24.3 Å². The van der Waals surface area contributed by atoms with Crippen molar-refractivity contribution in [3.8, 4) is 11.3 Å². The van der Waals surface area contributed by atoms with Crippen LogP contribution in [0.15, 0.2) is 54.6 Å². The van der Waals surface area contributed by atoms with Crippen molar-refractivity contribution in [2.45, 2.75) is 13.3 Å². The standard InChI is InChI=1S/C18H15FN2O.ClH/c1-12-18(14-5-3-2-4-6-14)21-17(20-12)11-16(22)13-7-9-15(19)10-8-13;/h2-10H,11H2,1H3,(H,20,21);1H. The monoisotopic (exact) mass is 330 g/mol. The average Bonchev–Trinajstić information content (AvgIpc) is 2.89. The van der Waals surface area contributed by atoms with Gasteiger partial charge in [-0.2, -0.15) is 0 Å². The van der Waals surface area contributed by atoms with Crippen molar-refractivity contribution in [1.29, 1.82) is 0 Å². The van der Waals surface area contributed by atoms with Gasteiger partial charge in [0.05, 0.1) is 12.1 Å². The Morgan fingerprint density at radius 1 is 1.09 bits per heavy atom. The van der Waals surface area contributed by atoms with Gasteiger partial charge in [0.1, 0.15) is 11.6 Å². The van der Waals surface area contributed by atoms with Gasteiger partial charge in [0.15, 0.2) is 5.78 Å². The molecule has 0 aliphatic heterocycles. The number of imidazole rings is 1. The predicted molar refractivity (Wildman–Crippen MR) is 90.4 cm³/mol. The molecule has 1 heterocycles. The van der Waals surface area contributed by atoms with E-state index >= 15 is 0 Å². The molecular formula is C18H16ClFN2O. The SMILES string of the molecule is Cc1[nH]c(CC(=O)c2ccc(F)cc2)nc1-c1ccccc1.Cl. The van der Waals surface area contributed by atoms with Crippen molar-refractivity contribution >= 4 is 18.2 Å². The molecule has 3 rings (SSSR count). The van der Waals surface area contributed by atoms with E-state index in [-0.39, 0.29) is 30.4 Å². The topological polar surface area (TPSA) is 45.8 Å². The highest BCUT2D eigenvalue weighted by atomic mass is 35.5. The Morgan fingerprint density at radius 2 is 1.74 bits per heavy atom. The molecule has 2 aromatic carbocycles. The van der Waals surface area contributed by atoms with Crippen molar-refractivity contribution < 1.29 is 9.18 Å². The summed E-state index contributed by atoms with van der Waals surface area (Å²) in [6.07, 6.45) is 0.166. The second kappa shape index (κ2) is 7.20. The third kappa shape index (κ3) is 3.85. The number of aromatic nitrogens is 2. The summed E-state index contributed by atoms with van der Waals surface area (Å²) >= 11 is 0. The Hall–Kier alpha value is -2.46. The van der Waals surface area contributed by atoms with Gasteiger partial charge in [0, 0.05) is 16.8 Å². The molecule has 0 aliphatic carbocycles. The number of rotatable bonds is 4. The minimum Gasteiger partial charge on any atom is -0.345 e. The molecule has 0 amide bonds. The van der Waals surface area contributed by atoms with Gasteiger partial charge in [-0.25, -0.2) is 9.37 Å². The normalized spacial score (nSPS) is 10.2. The number of hydrogen-bond acceptors (Lipinski definition) is 2. The van der Waals surface area contributed by atoms with Gasteiger partial charge in [0.2, 0.25) is 0 Å². The maximum atomic E-state index is 12.9. The van der Waals surface area contributed by atoms with Crippen molar-refractivity contribution in [3.63, 3.8) is 0 Å². The smallest absolute Gasteiger partial charge is 0.170 e. The third-order valence-corrected chi connectivity index (χ3v) is 3.48. The van der Waals surface area contributed by atoms with Crippen LogP contribution in [0, 0.1) is 12.7 Å². The predicted octanol–water partition coefficient (Wildman–Crippen LogP) is 4.37. The van der Waals surface area contributed by atoms with E-state index in [0.717, 1.165) is 17.0 Å². The maximum Gasteiger partial charge on any atom is 0.170 e. The summed E-state index contributed by atoms with van der Waals surface area (Å²) < 4.78 is 12.9. The second-order valence-corrected chi connectivity index (χ2v) is 5.13. The molecule has 0 radical (unpaired) electrons. The molecule has 5 heteroatoms. The summed E-state index contributed by atoms with van der Waals surface area (Å²) in [5, 5.41) is 0. The lowest BCUT2D eigenvalue weighted by atomic mass is 10.1. The van der Waals surface area contributed by atoms with Gasteiger partial charge in [-0.1, -0.05) is 30.3 Å². The molecule has 118 valence electrons. The number of carbonyl (C=O) groups is 1. The highest BCUT2D eigenvalue weighted by Crippen LogP contribution is 2.21. The largest absolute Gasteiger partial charge is 0.345 e. The van der Waals surface area contributed by atoms with Crippen LogP contribution in [0.4, 0.5) is 4.39 Å². The summed E-state index contributed by atoms with van der Waals surface area (Å²) in [5.41, 5.74) is 3.27. The minimum absolute atomic E-state index is 0. The molecule has 0 aliphatic rings. The van der Waals surface area contributed by atoms with E-state index in [1.54, 1.807) is 0 Å². The molecule has 0 fully saturated rings. The molecule has 0 atom stereocenters. The second-order valence-electron chi connectivity index (χ2n) is 5.13. The zero-order chi connectivity index (χ0) is 15.5. The molecule has 0 saturated heterocycles. The van der Waals surface area contributed by atoms with Gasteiger partial charge < -0.3 is 4.98 Å². The number of ketones is 1. The lowest BCUT2D eigenvalue weighted by Crippen LogP contribution is -2.05. The van der Waals surface area contributed by atoms with Crippen LogP contribution in [0.3, 0.4) is 0 Å². The fraction of sp³-hybridized carbons (Fsp3) is 0.111. The Morgan fingerprint density at radius 3 is 2.39 bits per heavy atom. The van der Waals surface area contributed by atoms with Crippen LogP contribution >= 0.6 is 12.4 Å². The van der Waals surface area contributed by atoms with Gasteiger partial charge >= 0.3 is 0 Å². The molecular weight excluding hydrogens is 315 g/mol. The first kappa shape index (κ1) is 16.9. The molecule has 0 saturated carbocycles. The molecule has 1 N–H and O–H groups in total. The summed E-state index contributed by atoms with van der Waals surface area (Å²) in [6.45, 7) is 1.93. The molecule has 0 bridgehead atoms. The van der Waals surface area contributed by atoms with Crippen LogP contribution in [0.1, 0.15) is 21.9 Å². The molecule has 3 aromatic rings. The van der Waals surface area contributed by atoms with Crippen LogP contribution in [0.2, 0.25) is 0 Å². The number of nitrogens with zero attached hydrogens (tertiary/aromatic N) is 1. The fourth-order valence-electron chi connectivity index (χ4n) is 2.37. The first-order valence-corrected chi connectivity index (χ1v) is 7.03. The van der Waals surface area contributed by atoms with Crippen molar-refractivity contribution in [3.05, 3.63) is 77.5 Å². The minimum atomic E-state index is -0.350. The van der Waals surface area contributed by atoms with E-state index in [9.17, 15) is 9.18 Å². The summed E-state index contributed by atoms with van der Waals surface area (Å²) in [7, 11) is 0. The van der Waals surface area contributed by atoms with E-state index in [2.05, 4.69) is 9.97 Å². The molecule has 1 aromatic heterocycles. The van der Waals surface area contributed by atoms with Gasteiger partial charge in [-0.05, 0) is 31.2 Å². The van der Waals surface area contributed by atoms with Crippen molar-refractivity contribution in [1.82, 2.24) is 9.97 Å². The van der Waals surface area contributed by atoms with E-state index < -0.39 is 0 Å². The highest BCUT2D eigenvalue weighted by molar-refractivity contribution is 5.97. The molecule has 23 heavy (non-hydrogen) atoms. The fourth-order valence-corrected chi connectivity index (χ4v) is 2.37. The number of benzene rings is 2. The van der Waals surface area contributed by atoms with Crippen LogP contribution in [0.25, 0.3) is 11.3 Å². The number of aromatic amines is 1. The Bertz CT molecular complexity index is 798. The van der Waals surface area contributed by atoms with Crippen LogP contribution in [0.5, 0.6) is 0 Å². The quantitative estimate of drug-likeness (QED) is 0.722.